The summed E-state index contributed by atoms with van der Waals surface area (Å²) in [5, 5.41) is 2.59. The number of hydrogen-bond acceptors (Lipinski definition) is 7. The van der Waals surface area contributed by atoms with E-state index in [9.17, 15) is 9.59 Å². The summed E-state index contributed by atoms with van der Waals surface area (Å²) in [5.41, 5.74) is 1.67. The van der Waals surface area contributed by atoms with Crippen LogP contribution in [0.5, 0.6) is 11.5 Å². The summed E-state index contributed by atoms with van der Waals surface area (Å²) in [6, 6.07) is 14.4. The number of hydrogen-bond donors (Lipinski definition) is 1. The van der Waals surface area contributed by atoms with Crippen molar-refractivity contribution >= 4 is 46.4 Å². The third-order valence-corrected chi connectivity index (χ3v) is 4.73. The third-order valence-electron chi connectivity index (χ3n) is 3.57. The molecular weight excluding hydrogens is 398 g/mol. The first kappa shape index (κ1) is 19.9. The number of rotatable bonds is 6. The smallest absolute Gasteiger partial charge is 0.489 e. The van der Waals surface area contributed by atoms with Gasteiger partial charge in [-0.3, -0.25) is 4.79 Å². The molecule has 2 aromatic rings. The second-order valence-electron chi connectivity index (χ2n) is 5.65. The number of benzene rings is 2. The molecule has 144 valence electrons. The van der Waals surface area contributed by atoms with Crippen molar-refractivity contribution in [3.63, 3.8) is 0 Å². The minimum atomic E-state index is -0.741. The fourth-order valence-corrected chi connectivity index (χ4v) is 3.42. The number of nitrogens with one attached hydrogen (secondary N) is 1. The number of thiocarbonyl (C=S) groups is 1. The molecule has 0 radical (unpaired) electrons. The van der Waals surface area contributed by atoms with E-state index in [2.05, 4.69) is 5.32 Å². The summed E-state index contributed by atoms with van der Waals surface area (Å²) in [7, 11) is 0. The van der Waals surface area contributed by atoms with Crippen molar-refractivity contribution < 1.29 is 23.8 Å². The molecule has 0 saturated carbocycles. The predicted molar refractivity (Wildman–Crippen MR) is 111 cm³/mol. The van der Waals surface area contributed by atoms with E-state index in [-0.39, 0.29) is 12.5 Å². The molecule has 0 bridgehead atoms. The zero-order chi connectivity index (χ0) is 19.9. The molecule has 3 rings (SSSR count). The number of thioether (sulfide) groups is 1. The van der Waals surface area contributed by atoms with Crippen LogP contribution in [-0.2, 0) is 16.1 Å². The van der Waals surface area contributed by atoms with Crippen molar-refractivity contribution in [1.82, 2.24) is 5.32 Å². The van der Waals surface area contributed by atoms with Crippen molar-refractivity contribution in [3.05, 3.63) is 64.6 Å². The minimum absolute atomic E-state index is 0.195. The van der Waals surface area contributed by atoms with E-state index in [0.717, 1.165) is 11.1 Å². The van der Waals surface area contributed by atoms with Crippen LogP contribution in [-0.4, -0.2) is 23.0 Å². The van der Waals surface area contributed by atoms with E-state index in [1.165, 1.54) is 11.8 Å². The van der Waals surface area contributed by atoms with Crippen molar-refractivity contribution in [3.8, 4) is 11.5 Å². The van der Waals surface area contributed by atoms with Gasteiger partial charge >= 0.3 is 6.16 Å². The van der Waals surface area contributed by atoms with Gasteiger partial charge in [-0.25, -0.2) is 4.79 Å². The van der Waals surface area contributed by atoms with Gasteiger partial charge in [-0.2, -0.15) is 0 Å². The Bertz CT molecular complexity index is 942. The molecule has 1 aliphatic heterocycles. The van der Waals surface area contributed by atoms with Crippen LogP contribution in [0.4, 0.5) is 4.79 Å². The molecule has 1 saturated heterocycles. The Labute approximate surface area is 171 Å². The highest BCUT2D eigenvalue weighted by Crippen LogP contribution is 2.27. The van der Waals surface area contributed by atoms with Crippen molar-refractivity contribution in [2.24, 2.45) is 0 Å². The largest absolute Gasteiger partial charge is 0.513 e. The van der Waals surface area contributed by atoms with Gasteiger partial charge < -0.3 is 19.5 Å². The maximum Gasteiger partial charge on any atom is 0.513 e. The molecule has 1 N–H and O–H groups in total. The topological polar surface area (TPSA) is 73.9 Å². The maximum atomic E-state index is 11.8. The van der Waals surface area contributed by atoms with Crippen molar-refractivity contribution in [2.45, 2.75) is 13.5 Å². The summed E-state index contributed by atoms with van der Waals surface area (Å²) in [6.45, 7) is 2.25. The summed E-state index contributed by atoms with van der Waals surface area (Å²) in [5.74, 6) is 0.843. The second kappa shape index (κ2) is 9.38. The molecule has 8 heteroatoms. The predicted octanol–water partition coefficient (Wildman–Crippen LogP) is 4.29. The zero-order valence-electron chi connectivity index (χ0n) is 15.0. The summed E-state index contributed by atoms with van der Waals surface area (Å²) in [6.07, 6.45) is 1.02. The fraction of sp³-hybridized carbons (Fsp3) is 0.150. The summed E-state index contributed by atoms with van der Waals surface area (Å²) >= 11 is 6.22. The van der Waals surface area contributed by atoms with Crippen LogP contribution >= 0.6 is 24.0 Å². The molecule has 6 nitrogen and oxygen atoms in total. The molecule has 2 aromatic carbocycles. The lowest BCUT2D eigenvalue weighted by molar-refractivity contribution is -0.115. The van der Waals surface area contributed by atoms with Gasteiger partial charge in [-0.05, 0) is 48.4 Å². The average Bonchev–Trinajstić information content (AvgIpc) is 2.98. The fourth-order valence-electron chi connectivity index (χ4n) is 2.38. The van der Waals surface area contributed by atoms with Crippen molar-refractivity contribution in [1.29, 1.82) is 0 Å². The first-order valence-corrected chi connectivity index (χ1v) is 9.67. The Kier molecular flexibility index (Phi) is 6.67. The number of ether oxygens (including phenoxy) is 3. The molecule has 0 spiro atoms. The van der Waals surface area contributed by atoms with E-state index in [1.807, 2.05) is 30.3 Å². The monoisotopic (exact) mass is 415 g/mol. The van der Waals surface area contributed by atoms with Gasteiger partial charge in [0, 0.05) is 0 Å². The third kappa shape index (κ3) is 5.58. The van der Waals surface area contributed by atoms with Crippen LogP contribution < -0.4 is 14.8 Å². The standard InChI is InChI=1S/C20H17NO5S2/c1-2-24-20(23)26-16-8-4-6-14(10-16)12-25-15-7-3-5-13(9-15)11-17-18(22)21-19(27)28-17/h3-11H,2,12H2,1H3,(H,21,22,27). The number of carbonyl (C=O) groups is 2. The molecule has 1 amide bonds. The first-order valence-electron chi connectivity index (χ1n) is 8.45. The number of amides is 1. The highest BCUT2D eigenvalue weighted by atomic mass is 32.2. The summed E-state index contributed by atoms with van der Waals surface area (Å²) in [4.78, 5) is 23.7. The van der Waals surface area contributed by atoms with Gasteiger partial charge in [0.25, 0.3) is 5.91 Å². The normalized spacial score (nSPS) is 14.7. The quantitative estimate of drug-likeness (QED) is 0.326. The highest BCUT2D eigenvalue weighted by Gasteiger charge is 2.21. The van der Waals surface area contributed by atoms with E-state index in [4.69, 9.17) is 26.4 Å². The Morgan fingerprint density at radius 1 is 1.18 bits per heavy atom. The molecular formula is C20H17NO5S2. The first-order chi connectivity index (χ1) is 13.5. The van der Waals surface area contributed by atoms with Gasteiger partial charge in [-0.15, -0.1) is 0 Å². The Hall–Kier alpha value is -2.84. The molecule has 0 aromatic heterocycles. The van der Waals surface area contributed by atoms with Gasteiger partial charge in [0.1, 0.15) is 22.4 Å². The molecule has 0 aliphatic carbocycles. The Morgan fingerprint density at radius 3 is 2.71 bits per heavy atom. The van der Waals surface area contributed by atoms with Crippen LogP contribution in [0.2, 0.25) is 0 Å². The number of carbonyl (C=O) groups excluding carboxylic acids is 2. The van der Waals surface area contributed by atoms with Gasteiger partial charge in [0.05, 0.1) is 11.5 Å². The SMILES string of the molecule is CCOC(=O)Oc1cccc(COc2cccc(C=C3SC(=S)NC3=O)c2)c1. The Balaban J connectivity index is 1.64. The minimum Gasteiger partial charge on any atom is -0.489 e. The van der Waals surface area contributed by atoms with E-state index < -0.39 is 6.16 Å². The van der Waals surface area contributed by atoms with Crippen LogP contribution in [0.25, 0.3) is 6.08 Å². The van der Waals surface area contributed by atoms with Crippen LogP contribution in [0.3, 0.4) is 0 Å². The van der Waals surface area contributed by atoms with E-state index >= 15 is 0 Å². The second-order valence-corrected chi connectivity index (χ2v) is 7.36. The van der Waals surface area contributed by atoms with Crippen LogP contribution in [0.15, 0.2) is 53.4 Å². The maximum absolute atomic E-state index is 11.8. The van der Waals surface area contributed by atoms with Crippen molar-refractivity contribution in [2.75, 3.05) is 6.61 Å². The van der Waals surface area contributed by atoms with Gasteiger partial charge in [0.2, 0.25) is 0 Å². The van der Waals surface area contributed by atoms with Crippen LogP contribution in [0.1, 0.15) is 18.1 Å². The van der Waals surface area contributed by atoms with Crippen LogP contribution in [0, 0.1) is 0 Å². The molecule has 28 heavy (non-hydrogen) atoms. The average molecular weight is 415 g/mol. The molecule has 0 atom stereocenters. The molecule has 0 unspecified atom stereocenters. The summed E-state index contributed by atoms with van der Waals surface area (Å²) < 4.78 is 16.1. The highest BCUT2D eigenvalue weighted by molar-refractivity contribution is 8.26. The molecule has 1 aliphatic rings. The zero-order valence-corrected chi connectivity index (χ0v) is 16.6. The lowest BCUT2D eigenvalue weighted by Crippen LogP contribution is -2.17. The lowest BCUT2D eigenvalue weighted by atomic mass is 10.2. The van der Waals surface area contributed by atoms with E-state index in [1.54, 1.807) is 31.2 Å². The van der Waals surface area contributed by atoms with Gasteiger partial charge in [-0.1, -0.05) is 48.2 Å². The molecule has 1 fully saturated rings. The van der Waals surface area contributed by atoms with Gasteiger partial charge in [0.15, 0.2) is 0 Å². The van der Waals surface area contributed by atoms with E-state index in [0.29, 0.717) is 27.3 Å². The lowest BCUT2D eigenvalue weighted by Gasteiger charge is -2.09. The Morgan fingerprint density at radius 2 is 1.96 bits per heavy atom. The molecule has 1 heterocycles.